The highest BCUT2D eigenvalue weighted by Gasteiger charge is 2.30. The molecule has 0 spiro atoms. The molecular formula is C11H22N2O10S. The molecule has 1 atom stereocenters. The fourth-order valence-corrected chi connectivity index (χ4v) is 2.20. The minimum atomic E-state index is -4.94. The van der Waals surface area contributed by atoms with E-state index in [0.29, 0.717) is 0 Å². The molecule has 1 aromatic rings. The molecule has 0 fully saturated rings. The molecule has 0 saturated heterocycles. The van der Waals surface area contributed by atoms with Crippen molar-refractivity contribution in [1.29, 1.82) is 0 Å². The minimum absolute atomic E-state index is 0. The molecule has 0 aliphatic heterocycles. The summed E-state index contributed by atoms with van der Waals surface area (Å²) in [4.78, 5) is 0. The lowest BCUT2D eigenvalue weighted by Crippen LogP contribution is -2.31. The molecule has 0 heterocycles. The number of hydrogen-bond donors (Lipinski definition) is 9. The van der Waals surface area contributed by atoms with Crippen LogP contribution in [0.15, 0.2) is 24.3 Å². The first-order chi connectivity index (χ1) is 9.75. The highest BCUT2D eigenvalue weighted by molar-refractivity contribution is 7.80. The lowest BCUT2D eigenvalue weighted by atomic mass is 10.0. The van der Waals surface area contributed by atoms with E-state index in [1.165, 1.54) is 24.3 Å². The van der Waals surface area contributed by atoms with Gasteiger partial charge in [-0.15, -0.1) is 0 Å². The average Bonchev–Trinajstić information content (AvgIpc) is 2.22. The van der Waals surface area contributed by atoms with E-state index in [1.54, 1.807) is 0 Å². The summed E-state index contributed by atoms with van der Waals surface area (Å²) < 4.78 is 34.4. The van der Waals surface area contributed by atoms with Crippen molar-refractivity contribution < 1.29 is 47.8 Å². The number of rotatable bonds is 7. The van der Waals surface area contributed by atoms with Crippen LogP contribution in [0.4, 0.5) is 0 Å². The van der Waals surface area contributed by atoms with Crippen LogP contribution in [0.25, 0.3) is 0 Å². The van der Waals surface area contributed by atoms with E-state index < -0.39 is 41.3 Å². The Hall–Kier alpha value is -1.23. The van der Waals surface area contributed by atoms with Gasteiger partial charge < -0.3 is 42.9 Å². The second-order valence-corrected chi connectivity index (χ2v) is 5.73. The summed E-state index contributed by atoms with van der Waals surface area (Å²) in [6.07, 6.45) is -3.15. The van der Waals surface area contributed by atoms with Crippen molar-refractivity contribution in [3.63, 3.8) is 0 Å². The fraction of sp³-hybridized carbons (Fsp3) is 0.455. The minimum Gasteiger partial charge on any atom is -0.344 e. The Balaban J connectivity index is 0. The Bertz CT molecular complexity index is 591. The zero-order valence-corrected chi connectivity index (χ0v) is 13.3. The van der Waals surface area contributed by atoms with Gasteiger partial charge in [-0.1, -0.05) is 24.3 Å². The molecule has 12 nitrogen and oxygen atoms in total. The molecule has 0 bridgehead atoms. The molecule has 0 aliphatic carbocycles. The summed E-state index contributed by atoms with van der Waals surface area (Å²) in [5.74, 6) is -6.17. The van der Waals surface area contributed by atoms with Gasteiger partial charge in [0.25, 0.3) is 11.9 Å². The summed E-state index contributed by atoms with van der Waals surface area (Å²) in [6, 6.07) is 4.95. The van der Waals surface area contributed by atoms with Gasteiger partial charge in [-0.3, -0.25) is 4.55 Å². The first-order valence-electron chi connectivity index (χ1n) is 5.84. The quantitative estimate of drug-likeness (QED) is 0.187. The lowest BCUT2D eigenvalue weighted by Gasteiger charge is -2.22. The van der Waals surface area contributed by atoms with Gasteiger partial charge >= 0.3 is 10.4 Å². The molecule has 1 aromatic carbocycles. The van der Waals surface area contributed by atoms with Crippen LogP contribution in [0.1, 0.15) is 23.7 Å². The SMILES string of the molecule is N.N.O=S(=O)(O)OC(CC(O)(O)O)c1ccc(CC(O)(O)O)cc1. The van der Waals surface area contributed by atoms with Crippen LogP contribution in [0.2, 0.25) is 0 Å². The first-order valence-corrected chi connectivity index (χ1v) is 7.20. The van der Waals surface area contributed by atoms with Crippen LogP contribution in [0.3, 0.4) is 0 Å². The van der Waals surface area contributed by atoms with E-state index in [9.17, 15) is 8.42 Å². The molecule has 0 amide bonds. The maximum Gasteiger partial charge on any atom is 0.397 e. The van der Waals surface area contributed by atoms with E-state index in [0.717, 1.165) is 0 Å². The zero-order chi connectivity index (χ0) is 17.2. The van der Waals surface area contributed by atoms with Gasteiger partial charge in [-0.25, -0.2) is 4.18 Å². The summed E-state index contributed by atoms with van der Waals surface area (Å²) >= 11 is 0. The second kappa shape index (κ2) is 8.75. The average molecular weight is 374 g/mol. The summed E-state index contributed by atoms with van der Waals surface area (Å²) in [7, 11) is -4.94. The summed E-state index contributed by atoms with van der Waals surface area (Å²) in [5, 5.41) is 53.2. The van der Waals surface area contributed by atoms with Crippen LogP contribution in [-0.2, 0) is 21.0 Å². The normalized spacial score (nSPS) is 13.6. The van der Waals surface area contributed by atoms with Crippen molar-refractivity contribution in [2.75, 3.05) is 0 Å². The number of benzene rings is 1. The molecule has 0 saturated carbocycles. The van der Waals surface area contributed by atoms with Crippen molar-refractivity contribution in [3.05, 3.63) is 35.4 Å². The van der Waals surface area contributed by atoms with E-state index in [2.05, 4.69) is 4.18 Å². The van der Waals surface area contributed by atoms with Gasteiger partial charge in [-0.2, -0.15) is 8.42 Å². The van der Waals surface area contributed by atoms with E-state index >= 15 is 0 Å². The maximum absolute atomic E-state index is 10.7. The smallest absolute Gasteiger partial charge is 0.344 e. The first kappa shape index (κ1) is 25.0. The van der Waals surface area contributed by atoms with Crippen molar-refractivity contribution in [3.8, 4) is 0 Å². The van der Waals surface area contributed by atoms with Crippen LogP contribution in [0.5, 0.6) is 0 Å². The highest BCUT2D eigenvalue weighted by atomic mass is 32.3. The van der Waals surface area contributed by atoms with E-state index in [1.807, 2.05) is 0 Å². The predicted octanol–water partition coefficient (Wildman–Crippen LogP) is -1.93. The van der Waals surface area contributed by atoms with Crippen molar-refractivity contribution in [2.45, 2.75) is 30.9 Å². The Morgan fingerprint density at radius 1 is 0.917 bits per heavy atom. The van der Waals surface area contributed by atoms with Gasteiger partial charge in [-0.05, 0) is 11.1 Å². The standard InChI is InChI=1S/C11H16O10S.2H3N/c12-10(13,14)5-7-1-3-8(4-2-7)9(6-11(15,16)17)21-22(18,19)20;;/h1-4,9,12-17H,5-6H2,(H,18,19,20);2*1H3. The second-order valence-electron chi connectivity index (χ2n) is 4.68. The van der Waals surface area contributed by atoms with Gasteiger partial charge in [0.2, 0.25) is 0 Å². The third-order valence-electron chi connectivity index (χ3n) is 2.49. The largest absolute Gasteiger partial charge is 0.397 e. The monoisotopic (exact) mass is 374 g/mol. The van der Waals surface area contributed by atoms with Crippen molar-refractivity contribution in [1.82, 2.24) is 12.3 Å². The topological polar surface area (TPSA) is 255 Å². The van der Waals surface area contributed by atoms with Crippen LogP contribution in [-0.4, -0.2) is 55.6 Å². The van der Waals surface area contributed by atoms with Crippen molar-refractivity contribution >= 4 is 10.4 Å². The lowest BCUT2D eigenvalue weighted by molar-refractivity contribution is -0.322. The molecule has 0 aromatic heterocycles. The number of aliphatic hydroxyl groups is 6. The van der Waals surface area contributed by atoms with Crippen LogP contribution < -0.4 is 12.3 Å². The molecule has 24 heavy (non-hydrogen) atoms. The molecule has 1 unspecified atom stereocenters. The molecule has 0 radical (unpaired) electrons. The third kappa shape index (κ3) is 10.5. The van der Waals surface area contributed by atoms with Crippen LogP contribution >= 0.6 is 0 Å². The Morgan fingerprint density at radius 2 is 1.38 bits per heavy atom. The fourth-order valence-electron chi connectivity index (χ4n) is 1.73. The van der Waals surface area contributed by atoms with E-state index in [-0.39, 0.29) is 23.4 Å². The van der Waals surface area contributed by atoms with Crippen LogP contribution in [0, 0.1) is 0 Å². The number of hydrogen-bond acceptors (Lipinski definition) is 11. The van der Waals surface area contributed by atoms with Gasteiger partial charge in [0, 0.05) is 0 Å². The maximum atomic E-state index is 10.7. The van der Waals surface area contributed by atoms with Gasteiger partial charge in [0.05, 0.1) is 12.8 Å². The van der Waals surface area contributed by atoms with E-state index in [4.69, 9.17) is 35.2 Å². The third-order valence-corrected chi connectivity index (χ3v) is 2.97. The Kier molecular flexibility index (Phi) is 9.12. The zero-order valence-electron chi connectivity index (χ0n) is 12.5. The summed E-state index contributed by atoms with van der Waals surface area (Å²) in [5.41, 5.74) is 0.285. The van der Waals surface area contributed by atoms with Gasteiger partial charge in [0.1, 0.15) is 6.10 Å². The molecule has 13 N–H and O–H groups in total. The van der Waals surface area contributed by atoms with Gasteiger partial charge in [0.15, 0.2) is 0 Å². The molecule has 1 rings (SSSR count). The summed E-state index contributed by atoms with van der Waals surface area (Å²) in [6.45, 7) is 0. The Morgan fingerprint density at radius 3 is 1.71 bits per heavy atom. The molecule has 13 heteroatoms. The Labute approximate surface area is 137 Å². The van der Waals surface area contributed by atoms with Crippen molar-refractivity contribution in [2.24, 2.45) is 0 Å². The highest BCUT2D eigenvalue weighted by Crippen LogP contribution is 2.27. The molecule has 0 aliphatic rings. The molecule has 142 valence electrons. The predicted molar refractivity (Wildman–Crippen MR) is 79.0 cm³/mol. The molecular weight excluding hydrogens is 352 g/mol.